The molecule has 0 aliphatic carbocycles. The number of methoxy groups -OCH3 is 1. The number of amides is 1. The summed E-state index contributed by atoms with van der Waals surface area (Å²) in [6.45, 7) is 9.20. The van der Waals surface area contributed by atoms with Gasteiger partial charge >= 0.3 is 0 Å². The number of carbonyl (C=O) groups excluding carboxylic acids is 1. The molecule has 0 unspecified atom stereocenters. The van der Waals surface area contributed by atoms with Gasteiger partial charge < -0.3 is 14.6 Å². The van der Waals surface area contributed by atoms with E-state index in [2.05, 4.69) is 29.4 Å². The van der Waals surface area contributed by atoms with Crippen molar-refractivity contribution in [1.29, 1.82) is 0 Å². The maximum absolute atomic E-state index is 13.0. The minimum atomic E-state index is -3.61. The molecule has 3 aromatic rings. The Labute approximate surface area is 217 Å². The van der Waals surface area contributed by atoms with Crippen molar-refractivity contribution >= 4 is 33.4 Å². The van der Waals surface area contributed by atoms with Crippen LogP contribution in [-0.4, -0.2) is 59.3 Å². The number of anilines is 1. The van der Waals surface area contributed by atoms with Gasteiger partial charge in [-0.3, -0.25) is 4.79 Å². The van der Waals surface area contributed by atoms with Crippen molar-refractivity contribution in [2.45, 2.75) is 44.3 Å². The lowest BCUT2D eigenvalue weighted by Crippen LogP contribution is -2.30. The van der Waals surface area contributed by atoms with Crippen LogP contribution in [0, 0.1) is 5.92 Å². The average Bonchev–Trinajstić information content (AvgIpc) is 3.25. The molecule has 9 nitrogen and oxygen atoms in total. The number of sulfonamides is 1. The largest absolute Gasteiger partial charge is 0.497 e. The summed E-state index contributed by atoms with van der Waals surface area (Å²) in [6.07, 6.45) is 0. The fraction of sp³-hybridized carbons (Fsp3) is 0.400. The lowest BCUT2D eigenvalue weighted by Gasteiger charge is -2.19. The summed E-state index contributed by atoms with van der Waals surface area (Å²) < 4.78 is 34.6. The lowest BCUT2D eigenvalue weighted by atomic mass is 10.2. The molecule has 1 amide bonds. The van der Waals surface area contributed by atoms with Gasteiger partial charge in [0.25, 0.3) is 0 Å². The Kier molecular flexibility index (Phi) is 9.52. The third kappa shape index (κ3) is 6.65. The van der Waals surface area contributed by atoms with Crippen LogP contribution in [0.4, 0.5) is 5.69 Å². The number of hydrogen-bond acceptors (Lipinski definition) is 7. The maximum atomic E-state index is 13.0. The zero-order chi connectivity index (χ0) is 26.3. The van der Waals surface area contributed by atoms with Crippen LogP contribution in [0.25, 0.3) is 11.4 Å². The van der Waals surface area contributed by atoms with Crippen LogP contribution in [-0.2, 0) is 21.4 Å². The van der Waals surface area contributed by atoms with E-state index in [1.165, 1.54) is 16.1 Å². The number of nitrogens with zero attached hydrogens (tertiary/aromatic N) is 4. The standard InChI is InChI=1S/C25H33N5O4S2/c1-6-29(7-2)36(32,33)22-13-8-10-19(14-22)24-27-28-25(30(24)16-18(3)4)35-17-23(31)26-20-11-9-12-21(15-20)34-5/h8-15,18H,6-7,16-17H2,1-5H3,(H,26,31). The van der Waals surface area contributed by atoms with E-state index in [9.17, 15) is 13.2 Å². The molecule has 0 saturated heterocycles. The summed E-state index contributed by atoms with van der Waals surface area (Å²) in [4.78, 5) is 12.8. The van der Waals surface area contributed by atoms with Gasteiger partial charge in [0.05, 0.1) is 17.8 Å². The van der Waals surface area contributed by atoms with Crippen LogP contribution in [0.2, 0.25) is 0 Å². The minimum absolute atomic E-state index is 0.143. The monoisotopic (exact) mass is 531 g/mol. The molecule has 0 bridgehead atoms. The van der Waals surface area contributed by atoms with E-state index in [0.717, 1.165) is 0 Å². The van der Waals surface area contributed by atoms with Crippen molar-refractivity contribution < 1.29 is 17.9 Å². The Balaban J connectivity index is 1.84. The molecule has 2 aromatic carbocycles. The summed E-state index contributed by atoms with van der Waals surface area (Å²) in [7, 11) is -2.03. The molecule has 3 rings (SSSR count). The zero-order valence-corrected chi connectivity index (χ0v) is 22.9. The number of rotatable bonds is 12. The summed E-state index contributed by atoms with van der Waals surface area (Å²) in [5.41, 5.74) is 1.31. The highest BCUT2D eigenvalue weighted by molar-refractivity contribution is 7.99. The molecule has 11 heteroatoms. The van der Waals surface area contributed by atoms with Gasteiger partial charge in [-0.25, -0.2) is 8.42 Å². The molecule has 1 aromatic heterocycles. The van der Waals surface area contributed by atoms with Gasteiger partial charge in [-0.2, -0.15) is 4.31 Å². The molecule has 1 heterocycles. The summed E-state index contributed by atoms with van der Waals surface area (Å²) in [6, 6.07) is 13.9. The highest BCUT2D eigenvalue weighted by Crippen LogP contribution is 2.28. The number of nitrogens with one attached hydrogen (secondary N) is 1. The van der Waals surface area contributed by atoms with E-state index in [1.54, 1.807) is 37.4 Å². The topological polar surface area (TPSA) is 106 Å². The molecule has 0 radical (unpaired) electrons. The molecule has 0 saturated carbocycles. The van der Waals surface area contributed by atoms with Gasteiger partial charge in [0.15, 0.2) is 11.0 Å². The smallest absolute Gasteiger partial charge is 0.243 e. The Morgan fingerprint density at radius 1 is 1.11 bits per heavy atom. The Hall–Kier alpha value is -2.89. The number of aromatic nitrogens is 3. The lowest BCUT2D eigenvalue weighted by molar-refractivity contribution is -0.113. The second kappa shape index (κ2) is 12.4. The predicted octanol–water partition coefficient (Wildman–Crippen LogP) is 4.37. The van der Waals surface area contributed by atoms with Crippen molar-refractivity contribution in [3.63, 3.8) is 0 Å². The van der Waals surface area contributed by atoms with Crippen LogP contribution in [0.3, 0.4) is 0 Å². The van der Waals surface area contributed by atoms with Crippen molar-refractivity contribution in [1.82, 2.24) is 19.1 Å². The van der Waals surface area contributed by atoms with Gasteiger partial charge in [0.2, 0.25) is 15.9 Å². The Morgan fingerprint density at radius 2 is 1.83 bits per heavy atom. The zero-order valence-electron chi connectivity index (χ0n) is 21.3. The molecule has 0 spiro atoms. The first-order valence-electron chi connectivity index (χ1n) is 11.8. The van der Waals surface area contributed by atoms with E-state index in [0.29, 0.717) is 47.6 Å². The molecule has 194 valence electrons. The fourth-order valence-corrected chi connectivity index (χ4v) is 5.93. The summed E-state index contributed by atoms with van der Waals surface area (Å²) in [5, 5.41) is 12.2. The maximum Gasteiger partial charge on any atom is 0.243 e. The van der Waals surface area contributed by atoms with Crippen LogP contribution < -0.4 is 10.1 Å². The van der Waals surface area contributed by atoms with Crippen molar-refractivity contribution in [2.24, 2.45) is 5.92 Å². The molecule has 0 aliphatic rings. The molecule has 0 aliphatic heterocycles. The van der Waals surface area contributed by atoms with Crippen molar-refractivity contribution in [3.05, 3.63) is 48.5 Å². The molecule has 0 fully saturated rings. The molecule has 1 N–H and O–H groups in total. The SMILES string of the molecule is CCN(CC)S(=O)(=O)c1cccc(-c2nnc(SCC(=O)Nc3cccc(OC)c3)n2CC(C)C)c1. The number of ether oxygens (including phenoxy) is 1. The highest BCUT2D eigenvalue weighted by Gasteiger charge is 2.23. The third-order valence-electron chi connectivity index (χ3n) is 5.39. The number of benzene rings is 2. The number of carbonyl (C=O) groups is 1. The van der Waals surface area contributed by atoms with Crippen molar-refractivity contribution in [2.75, 3.05) is 31.3 Å². The van der Waals surface area contributed by atoms with Gasteiger partial charge in [-0.15, -0.1) is 10.2 Å². The molecule has 36 heavy (non-hydrogen) atoms. The quantitative estimate of drug-likeness (QED) is 0.346. The van der Waals surface area contributed by atoms with Crippen LogP contribution in [0.15, 0.2) is 58.6 Å². The Bertz CT molecular complexity index is 1290. The number of hydrogen-bond donors (Lipinski definition) is 1. The molecular formula is C25H33N5O4S2. The van der Waals surface area contributed by atoms with Crippen molar-refractivity contribution in [3.8, 4) is 17.1 Å². The van der Waals surface area contributed by atoms with Gasteiger partial charge in [-0.05, 0) is 30.2 Å². The summed E-state index contributed by atoms with van der Waals surface area (Å²) >= 11 is 1.28. The second-order valence-corrected chi connectivity index (χ2v) is 11.4. The van der Waals surface area contributed by atoms with Crippen LogP contribution in [0.5, 0.6) is 5.75 Å². The van der Waals surface area contributed by atoms with E-state index < -0.39 is 10.0 Å². The Morgan fingerprint density at radius 3 is 2.50 bits per heavy atom. The van der Waals surface area contributed by atoms with E-state index in [-0.39, 0.29) is 22.5 Å². The van der Waals surface area contributed by atoms with Crippen LogP contribution >= 0.6 is 11.8 Å². The first kappa shape index (κ1) is 27.7. The van der Waals surface area contributed by atoms with Gasteiger partial charge in [0.1, 0.15) is 5.75 Å². The average molecular weight is 532 g/mol. The normalized spacial score (nSPS) is 11.8. The predicted molar refractivity (Wildman–Crippen MR) is 143 cm³/mol. The minimum Gasteiger partial charge on any atom is -0.497 e. The third-order valence-corrected chi connectivity index (χ3v) is 8.40. The van der Waals surface area contributed by atoms with E-state index >= 15 is 0 Å². The van der Waals surface area contributed by atoms with Gasteiger partial charge in [-0.1, -0.05) is 57.7 Å². The highest BCUT2D eigenvalue weighted by atomic mass is 32.2. The molecule has 0 atom stereocenters. The van der Waals surface area contributed by atoms with E-state index in [4.69, 9.17) is 4.74 Å². The fourth-order valence-electron chi connectivity index (χ4n) is 3.67. The van der Waals surface area contributed by atoms with E-state index in [1.807, 2.05) is 36.6 Å². The first-order chi connectivity index (χ1) is 17.2. The van der Waals surface area contributed by atoms with Crippen LogP contribution in [0.1, 0.15) is 27.7 Å². The first-order valence-corrected chi connectivity index (χ1v) is 14.2. The van der Waals surface area contributed by atoms with Gasteiger partial charge in [0, 0.05) is 37.0 Å². The molecular weight excluding hydrogens is 498 g/mol. The summed E-state index contributed by atoms with van der Waals surface area (Å²) in [5.74, 6) is 1.47. The number of thioether (sulfide) groups is 1. The second-order valence-electron chi connectivity index (χ2n) is 8.50.